The van der Waals surface area contributed by atoms with Gasteiger partial charge in [0.15, 0.2) is 0 Å². The Bertz CT molecular complexity index is 701. The van der Waals surface area contributed by atoms with Crippen molar-refractivity contribution in [3.63, 3.8) is 0 Å². The van der Waals surface area contributed by atoms with Crippen molar-refractivity contribution in [2.45, 2.75) is 26.2 Å². The summed E-state index contributed by atoms with van der Waals surface area (Å²) < 4.78 is 0. The molecule has 0 unspecified atom stereocenters. The van der Waals surface area contributed by atoms with Crippen LogP contribution >= 0.6 is 0 Å². The molecule has 0 spiro atoms. The third kappa shape index (κ3) is 7.55. The normalized spacial score (nSPS) is 10.2. The molecular formula is C22H26SiZr. The molecule has 122 valence electrons. The molecule has 24 heavy (non-hydrogen) atoms. The zero-order valence-electron chi connectivity index (χ0n) is 15.1. The van der Waals surface area contributed by atoms with Gasteiger partial charge in [-0.3, -0.25) is 0 Å². The molecular weight excluding hydrogens is 384 g/mol. The van der Waals surface area contributed by atoms with Gasteiger partial charge in [0.25, 0.3) is 0 Å². The second-order valence-corrected chi connectivity index (χ2v) is 13.3. The number of hydrogen-bond acceptors (Lipinski definition) is 0. The third-order valence-corrected chi connectivity index (χ3v) is 3.10. The summed E-state index contributed by atoms with van der Waals surface area (Å²) in [6, 6.07) is 29.3. The predicted molar refractivity (Wildman–Crippen MR) is 108 cm³/mol. The Morgan fingerprint density at radius 3 is 1.25 bits per heavy atom. The van der Waals surface area contributed by atoms with Crippen LogP contribution in [0.2, 0.25) is 26.2 Å². The van der Waals surface area contributed by atoms with Gasteiger partial charge in [0.05, 0.1) is 0 Å². The largest absolute Gasteiger partial charge is 2.00 e. The SMILES string of the molecule is C[Si](C)(C)C.[Zr+2].c1ccc2[cH-]ccc2c1.c1ccc2[cH-]ccc2c1. The maximum absolute atomic E-state index is 2.33. The molecule has 0 saturated carbocycles. The summed E-state index contributed by atoms with van der Waals surface area (Å²) in [6.07, 6.45) is 0. The standard InChI is InChI=1S/2C9H7.C4H12Si.Zr/c2*1-2-5-9-7-3-6-8(9)4-1;1-5(2,3)4;/h2*1-7H;1-4H3;/q2*-1;;+2. The van der Waals surface area contributed by atoms with Crippen LogP contribution in [-0.2, 0) is 26.2 Å². The number of hydrogen-bond donors (Lipinski definition) is 0. The van der Waals surface area contributed by atoms with Gasteiger partial charge in [-0.2, -0.15) is 35.0 Å². The van der Waals surface area contributed by atoms with Crippen LogP contribution in [0.1, 0.15) is 0 Å². The second kappa shape index (κ2) is 9.91. The van der Waals surface area contributed by atoms with E-state index >= 15 is 0 Å². The van der Waals surface area contributed by atoms with Crippen molar-refractivity contribution >= 4 is 29.6 Å². The third-order valence-electron chi connectivity index (χ3n) is 3.10. The van der Waals surface area contributed by atoms with Crippen LogP contribution in [0.4, 0.5) is 0 Å². The Morgan fingerprint density at radius 1 is 0.583 bits per heavy atom. The molecule has 0 aliphatic heterocycles. The molecule has 4 aromatic carbocycles. The van der Waals surface area contributed by atoms with E-state index in [0.29, 0.717) is 0 Å². The first-order valence-corrected chi connectivity index (χ1v) is 12.1. The van der Waals surface area contributed by atoms with Crippen molar-refractivity contribution in [3.05, 3.63) is 84.9 Å². The maximum Gasteiger partial charge on any atom is 2.00 e. The monoisotopic (exact) mass is 408 g/mol. The van der Waals surface area contributed by atoms with Crippen molar-refractivity contribution < 1.29 is 26.2 Å². The Labute approximate surface area is 166 Å². The molecule has 0 bridgehead atoms. The Hall–Kier alpha value is -1.24. The van der Waals surface area contributed by atoms with E-state index in [1.165, 1.54) is 21.5 Å². The molecule has 0 aromatic heterocycles. The zero-order valence-corrected chi connectivity index (χ0v) is 18.5. The van der Waals surface area contributed by atoms with Crippen LogP contribution in [0.3, 0.4) is 0 Å². The van der Waals surface area contributed by atoms with E-state index in [0.717, 1.165) is 0 Å². The van der Waals surface area contributed by atoms with Crippen molar-refractivity contribution in [3.8, 4) is 0 Å². The fourth-order valence-electron chi connectivity index (χ4n) is 2.14. The fraction of sp³-hybridized carbons (Fsp3) is 0.182. The Kier molecular flexibility index (Phi) is 8.59. The van der Waals surface area contributed by atoms with Gasteiger partial charge >= 0.3 is 26.2 Å². The van der Waals surface area contributed by atoms with Gasteiger partial charge in [0.2, 0.25) is 0 Å². The van der Waals surface area contributed by atoms with E-state index in [1.54, 1.807) is 0 Å². The molecule has 0 fully saturated rings. The molecule has 0 saturated heterocycles. The van der Waals surface area contributed by atoms with Gasteiger partial charge < -0.3 is 0 Å². The van der Waals surface area contributed by atoms with Gasteiger partial charge in [-0.1, -0.05) is 38.3 Å². The summed E-state index contributed by atoms with van der Waals surface area (Å²) in [5, 5.41) is 5.32. The molecule has 0 aliphatic carbocycles. The summed E-state index contributed by atoms with van der Waals surface area (Å²) in [4.78, 5) is 0. The van der Waals surface area contributed by atoms with Crippen LogP contribution in [0.15, 0.2) is 84.9 Å². The Balaban J connectivity index is 0.000000185. The van der Waals surface area contributed by atoms with Crippen molar-refractivity contribution in [2.24, 2.45) is 0 Å². The number of fused-ring (bicyclic) bond motifs is 2. The number of benzene rings is 2. The summed E-state index contributed by atoms with van der Waals surface area (Å²) >= 11 is 0. The molecule has 0 N–H and O–H groups in total. The minimum Gasteiger partial charge on any atom is -0.168 e. The smallest absolute Gasteiger partial charge is 0.168 e. The van der Waals surface area contributed by atoms with Crippen LogP contribution < -0.4 is 0 Å². The van der Waals surface area contributed by atoms with Crippen molar-refractivity contribution in [1.29, 1.82) is 0 Å². The molecule has 0 amide bonds. The van der Waals surface area contributed by atoms with Crippen LogP contribution in [0.25, 0.3) is 21.5 Å². The van der Waals surface area contributed by atoms with Crippen molar-refractivity contribution in [2.75, 3.05) is 0 Å². The molecule has 0 radical (unpaired) electrons. The maximum atomic E-state index is 2.33. The molecule has 0 atom stereocenters. The van der Waals surface area contributed by atoms with Gasteiger partial charge in [-0.15, -0.1) is 59.3 Å². The summed E-state index contributed by atoms with van der Waals surface area (Å²) in [5.74, 6) is 0. The van der Waals surface area contributed by atoms with Crippen molar-refractivity contribution in [1.82, 2.24) is 0 Å². The topological polar surface area (TPSA) is 0 Å². The molecule has 0 aliphatic rings. The van der Waals surface area contributed by atoms with Gasteiger partial charge in [0.1, 0.15) is 0 Å². The van der Waals surface area contributed by atoms with E-state index in [4.69, 9.17) is 0 Å². The first kappa shape index (κ1) is 20.8. The van der Waals surface area contributed by atoms with E-state index < -0.39 is 8.07 Å². The average molecular weight is 410 g/mol. The van der Waals surface area contributed by atoms with Gasteiger partial charge in [-0.05, 0) is 0 Å². The van der Waals surface area contributed by atoms with E-state index in [1.807, 2.05) is 0 Å². The summed E-state index contributed by atoms with van der Waals surface area (Å²) in [6.45, 7) is 9.31. The quantitative estimate of drug-likeness (QED) is 0.215. The molecule has 2 heteroatoms. The van der Waals surface area contributed by atoms with E-state index in [2.05, 4.69) is 111 Å². The Morgan fingerprint density at radius 2 is 0.917 bits per heavy atom. The van der Waals surface area contributed by atoms with Gasteiger partial charge in [-0.25, -0.2) is 0 Å². The van der Waals surface area contributed by atoms with E-state index in [9.17, 15) is 0 Å². The van der Waals surface area contributed by atoms with Crippen LogP contribution in [-0.4, -0.2) is 8.07 Å². The first-order chi connectivity index (χ1) is 10.9. The number of rotatable bonds is 0. The summed E-state index contributed by atoms with van der Waals surface area (Å²) in [7, 11) is -0.611. The molecule has 0 nitrogen and oxygen atoms in total. The van der Waals surface area contributed by atoms with Crippen LogP contribution in [0, 0.1) is 0 Å². The molecule has 4 aromatic rings. The minimum atomic E-state index is -0.611. The second-order valence-electron chi connectivity index (χ2n) is 7.31. The fourth-order valence-corrected chi connectivity index (χ4v) is 2.14. The average Bonchev–Trinajstić information content (AvgIpc) is 3.15. The van der Waals surface area contributed by atoms with E-state index in [-0.39, 0.29) is 26.2 Å². The van der Waals surface area contributed by atoms with Gasteiger partial charge in [0, 0.05) is 8.07 Å². The molecule has 4 rings (SSSR count). The zero-order chi connectivity index (χ0) is 16.7. The summed E-state index contributed by atoms with van der Waals surface area (Å²) in [5.41, 5.74) is 0. The first-order valence-electron chi connectivity index (χ1n) is 8.14. The van der Waals surface area contributed by atoms with Crippen LogP contribution in [0.5, 0.6) is 0 Å². The minimum absolute atomic E-state index is 0. The molecule has 0 heterocycles. The predicted octanol–water partition coefficient (Wildman–Crippen LogP) is 7.07.